The van der Waals surface area contributed by atoms with Crippen molar-refractivity contribution in [3.63, 3.8) is 0 Å². The van der Waals surface area contributed by atoms with E-state index in [1.54, 1.807) is 0 Å². The van der Waals surface area contributed by atoms with Crippen LogP contribution >= 0.6 is 0 Å². The van der Waals surface area contributed by atoms with Gasteiger partial charge in [-0.1, -0.05) is 13.8 Å². The molecular formula is C14H18N2O2. The molecule has 0 N–H and O–H groups in total. The number of aryl methyl sites for hydroxylation is 1. The second kappa shape index (κ2) is 6.19. The van der Waals surface area contributed by atoms with Crippen LogP contribution in [0.2, 0.25) is 0 Å². The van der Waals surface area contributed by atoms with Gasteiger partial charge in [0, 0.05) is 12.0 Å². The van der Waals surface area contributed by atoms with Gasteiger partial charge in [-0.15, -0.1) is 10.2 Å². The van der Waals surface area contributed by atoms with Crippen molar-refractivity contribution in [3.05, 3.63) is 30.2 Å². The Labute approximate surface area is 107 Å². The number of rotatable bonds is 6. The number of nitrogens with zero attached hydrogens (tertiary/aromatic N) is 2. The first kappa shape index (κ1) is 12.6. The summed E-state index contributed by atoms with van der Waals surface area (Å²) in [5, 5.41) is 8.05. The molecule has 2 rings (SSSR count). The maximum absolute atomic E-state index is 5.57. The van der Waals surface area contributed by atoms with Gasteiger partial charge in [0.1, 0.15) is 5.75 Å². The van der Waals surface area contributed by atoms with Crippen LogP contribution in [0.4, 0.5) is 0 Å². The molecule has 0 radical (unpaired) electrons. The van der Waals surface area contributed by atoms with Crippen molar-refractivity contribution in [2.75, 3.05) is 6.61 Å². The Morgan fingerprint density at radius 3 is 2.50 bits per heavy atom. The Balaban J connectivity index is 2.07. The second-order valence-corrected chi connectivity index (χ2v) is 4.12. The van der Waals surface area contributed by atoms with E-state index in [0.29, 0.717) is 11.8 Å². The van der Waals surface area contributed by atoms with Crippen molar-refractivity contribution < 1.29 is 9.15 Å². The number of benzene rings is 1. The van der Waals surface area contributed by atoms with E-state index in [-0.39, 0.29) is 0 Å². The zero-order valence-corrected chi connectivity index (χ0v) is 10.8. The number of hydrogen-bond donors (Lipinski definition) is 0. The first-order valence-electron chi connectivity index (χ1n) is 6.39. The first-order valence-corrected chi connectivity index (χ1v) is 6.39. The average molecular weight is 246 g/mol. The van der Waals surface area contributed by atoms with Crippen LogP contribution in [-0.2, 0) is 6.42 Å². The van der Waals surface area contributed by atoms with Gasteiger partial charge >= 0.3 is 0 Å². The van der Waals surface area contributed by atoms with Crippen molar-refractivity contribution in [1.82, 2.24) is 10.2 Å². The molecule has 18 heavy (non-hydrogen) atoms. The van der Waals surface area contributed by atoms with Crippen LogP contribution in [0.3, 0.4) is 0 Å². The molecule has 2 aromatic rings. The van der Waals surface area contributed by atoms with Gasteiger partial charge in [0.2, 0.25) is 11.8 Å². The molecule has 0 aliphatic rings. The predicted octanol–water partition coefficient (Wildman–Crippen LogP) is 3.48. The fraction of sp³-hybridized carbons (Fsp3) is 0.429. The lowest BCUT2D eigenvalue weighted by molar-refractivity contribution is 0.317. The molecule has 1 aromatic carbocycles. The fourth-order valence-corrected chi connectivity index (χ4v) is 1.60. The van der Waals surface area contributed by atoms with Gasteiger partial charge in [-0.3, -0.25) is 0 Å². The van der Waals surface area contributed by atoms with Gasteiger partial charge in [-0.25, -0.2) is 0 Å². The Bertz CT molecular complexity index is 477. The molecule has 0 aliphatic heterocycles. The summed E-state index contributed by atoms with van der Waals surface area (Å²) >= 11 is 0. The SMILES string of the molecule is CCCOc1ccc(-c2nnc(CCC)o2)cc1. The van der Waals surface area contributed by atoms with Gasteiger partial charge in [0.05, 0.1) is 6.61 Å². The van der Waals surface area contributed by atoms with Gasteiger partial charge in [0.15, 0.2) is 0 Å². The standard InChI is InChI=1S/C14H18N2O2/c1-3-5-13-15-16-14(18-13)11-6-8-12(9-7-11)17-10-4-2/h6-9H,3-5,10H2,1-2H3. The molecule has 0 saturated carbocycles. The molecule has 0 saturated heterocycles. The van der Waals surface area contributed by atoms with Crippen LogP contribution in [0, 0.1) is 0 Å². The summed E-state index contributed by atoms with van der Waals surface area (Å²) in [5.74, 6) is 2.13. The molecule has 4 heteroatoms. The van der Waals surface area contributed by atoms with Gasteiger partial charge in [-0.05, 0) is 37.1 Å². The van der Waals surface area contributed by atoms with E-state index in [0.717, 1.165) is 37.2 Å². The minimum absolute atomic E-state index is 0.570. The number of hydrogen-bond acceptors (Lipinski definition) is 4. The molecule has 0 spiro atoms. The fourth-order valence-electron chi connectivity index (χ4n) is 1.60. The molecule has 0 fully saturated rings. The molecule has 1 heterocycles. The maximum Gasteiger partial charge on any atom is 0.247 e. The lowest BCUT2D eigenvalue weighted by atomic mass is 10.2. The Morgan fingerprint density at radius 1 is 1.06 bits per heavy atom. The monoisotopic (exact) mass is 246 g/mol. The van der Waals surface area contributed by atoms with E-state index in [1.807, 2.05) is 24.3 Å². The minimum atomic E-state index is 0.570. The molecule has 1 aromatic heterocycles. The van der Waals surface area contributed by atoms with Gasteiger partial charge < -0.3 is 9.15 Å². The summed E-state index contributed by atoms with van der Waals surface area (Å²) in [6, 6.07) is 7.73. The molecule has 0 bridgehead atoms. The highest BCUT2D eigenvalue weighted by molar-refractivity contribution is 5.53. The van der Waals surface area contributed by atoms with E-state index in [4.69, 9.17) is 9.15 Å². The largest absolute Gasteiger partial charge is 0.494 e. The van der Waals surface area contributed by atoms with E-state index in [1.165, 1.54) is 0 Å². The van der Waals surface area contributed by atoms with Crippen molar-refractivity contribution in [2.24, 2.45) is 0 Å². The lowest BCUT2D eigenvalue weighted by Crippen LogP contribution is -1.94. The third kappa shape index (κ3) is 3.09. The Morgan fingerprint density at radius 2 is 1.83 bits per heavy atom. The van der Waals surface area contributed by atoms with Crippen LogP contribution in [0.1, 0.15) is 32.6 Å². The topological polar surface area (TPSA) is 48.2 Å². The molecule has 4 nitrogen and oxygen atoms in total. The third-order valence-corrected chi connectivity index (χ3v) is 2.50. The van der Waals surface area contributed by atoms with Crippen molar-refractivity contribution in [1.29, 1.82) is 0 Å². The third-order valence-electron chi connectivity index (χ3n) is 2.50. The van der Waals surface area contributed by atoms with Crippen LogP contribution < -0.4 is 4.74 Å². The van der Waals surface area contributed by atoms with Crippen molar-refractivity contribution in [2.45, 2.75) is 33.1 Å². The number of aromatic nitrogens is 2. The van der Waals surface area contributed by atoms with Crippen molar-refractivity contribution in [3.8, 4) is 17.2 Å². The maximum atomic E-state index is 5.57. The van der Waals surface area contributed by atoms with E-state index in [9.17, 15) is 0 Å². The second-order valence-electron chi connectivity index (χ2n) is 4.12. The zero-order chi connectivity index (χ0) is 12.8. The molecule has 96 valence electrons. The Hall–Kier alpha value is -1.84. The average Bonchev–Trinajstić information content (AvgIpc) is 2.86. The zero-order valence-electron chi connectivity index (χ0n) is 10.8. The highest BCUT2D eigenvalue weighted by atomic mass is 16.5. The molecular weight excluding hydrogens is 228 g/mol. The molecule has 0 amide bonds. The van der Waals surface area contributed by atoms with Crippen LogP contribution in [0.5, 0.6) is 5.75 Å². The Kier molecular flexibility index (Phi) is 4.34. The van der Waals surface area contributed by atoms with Gasteiger partial charge in [-0.2, -0.15) is 0 Å². The summed E-state index contributed by atoms with van der Waals surface area (Å²) in [6.07, 6.45) is 2.84. The van der Waals surface area contributed by atoms with Crippen molar-refractivity contribution >= 4 is 0 Å². The van der Waals surface area contributed by atoms with Crippen LogP contribution in [0.15, 0.2) is 28.7 Å². The van der Waals surface area contributed by atoms with Crippen LogP contribution in [-0.4, -0.2) is 16.8 Å². The quantitative estimate of drug-likeness (QED) is 0.783. The smallest absolute Gasteiger partial charge is 0.247 e. The molecule has 0 atom stereocenters. The van der Waals surface area contributed by atoms with E-state index >= 15 is 0 Å². The normalized spacial score (nSPS) is 10.6. The van der Waals surface area contributed by atoms with Gasteiger partial charge in [0.25, 0.3) is 0 Å². The predicted molar refractivity (Wildman–Crippen MR) is 69.5 cm³/mol. The summed E-state index contributed by atoms with van der Waals surface area (Å²) in [7, 11) is 0. The van der Waals surface area contributed by atoms with E-state index in [2.05, 4.69) is 24.0 Å². The summed E-state index contributed by atoms with van der Waals surface area (Å²) in [5.41, 5.74) is 0.925. The highest BCUT2D eigenvalue weighted by Gasteiger charge is 2.07. The van der Waals surface area contributed by atoms with Crippen LogP contribution in [0.25, 0.3) is 11.5 Å². The van der Waals surface area contributed by atoms with E-state index < -0.39 is 0 Å². The molecule has 0 unspecified atom stereocenters. The lowest BCUT2D eigenvalue weighted by Gasteiger charge is -2.03. The highest BCUT2D eigenvalue weighted by Crippen LogP contribution is 2.21. The summed E-state index contributed by atoms with van der Waals surface area (Å²) < 4.78 is 11.1. The number of ether oxygens (including phenoxy) is 1. The molecule has 0 aliphatic carbocycles. The minimum Gasteiger partial charge on any atom is -0.494 e. The summed E-state index contributed by atoms with van der Waals surface area (Å²) in [6.45, 7) is 4.91. The summed E-state index contributed by atoms with van der Waals surface area (Å²) in [4.78, 5) is 0. The first-order chi connectivity index (χ1) is 8.83.